The first-order valence-electron chi connectivity index (χ1n) is 21.6. The van der Waals surface area contributed by atoms with Gasteiger partial charge in [0.2, 0.25) is 10.5 Å². The molecule has 0 atom stereocenters. The van der Waals surface area contributed by atoms with E-state index in [0.717, 1.165) is 53.7 Å². The van der Waals surface area contributed by atoms with E-state index in [-0.39, 0.29) is 23.8 Å². The van der Waals surface area contributed by atoms with E-state index in [4.69, 9.17) is 26.1 Å². The molecule has 1 amide bonds. The number of aliphatic hydroxyl groups is 1. The molecule has 2 aliphatic rings. The van der Waals surface area contributed by atoms with Crippen LogP contribution in [0, 0.1) is 0 Å². The molecule has 0 aromatic heterocycles. The van der Waals surface area contributed by atoms with Crippen LogP contribution < -0.4 is 35.8 Å². The van der Waals surface area contributed by atoms with E-state index in [1.165, 1.54) is 6.21 Å². The molecule has 360 valence electrons. The summed E-state index contributed by atoms with van der Waals surface area (Å²) in [6.07, 6.45) is 1.06. The van der Waals surface area contributed by atoms with Gasteiger partial charge in [-0.15, -0.1) is 0 Å². The number of hydrogen-bond acceptors (Lipinski definition) is 12. The van der Waals surface area contributed by atoms with Crippen LogP contribution >= 0.6 is 27.4 Å². The lowest BCUT2D eigenvalue weighted by Gasteiger charge is -2.30. The van der Waals surface area contributed by atoms with E-state index in [1.54, 1.807) is 48.3 Å². The van der Waals surface area contributed by atoms with Crippen molar-refractivity contribution in [2.45, 2.75) is 45.6 Å². The lowest BCUT2D eigenvalue weighted by atomic mass is 9.90. The van der Waals surface area contributed by atoms with Gasteiger partial charge in [-0.1, -0.05) is 30.3 Å². The summed E-state index contributed by atoms with van der Waals surface area (Å²) < 4.78 is 43.3. The minimum Gasteiger partial charge on any atom is -0.494 e. The predicted octanol–water partition coefficient (Wildman–Crippen LogP) is 4.64. The molecule has 1 heterocycles. The standard InChI is InChI=1S/C45H57N7O12P2S/c1-6-51(7-2)32-18-20-37-39(27-32)64-40-28-33(52(8-3)9-4)19-21-38(40)42(37)35-16-10-11-17-36(35)43(54)63-30-41(53)47-49-44(67)48-46-29-31-14-12-15-34(26-31)62-25-13-23-50(5)24-22-45(55,65(56,57)58)66(59,60)61/h10-12,14-21,26-29,55H,6-9,13,22-25,30H2,1-5H3,(H6,48,54,56,57,58,59,60,61,67)/p+1/b46-29+. The van der Waals surface area contributed by atoms with Crippen molar-refractivity contribution in [1.29, 1.82) is 0 Å². The SMILES string of the molecule is CCN(CC)c1ccc2c(-c3ccccc3C(=O)OCC(=O)NNC(=S)N/N=C/c3cccc(OCCCN(C)CCC(O)(P(=O)(O)O)P(=O)(O)O)c3)c3ccc(=[N+](CC)CC)cc-3oc2c1. The number of hydrazine groups is 1. The maximum absolute atomic E-state index is 13.7. The summed E-state index contributed by atoms with van der Waals surface area (Å²) in [6.45, 7) is 11.4. The van der Waals surface area contributed by atoms with Gasteiger partial charge in [0.1, 0.15) is 30.2 Å². The normalized spacial score (nSPS) is 12.1. The molecule has 0 unspecified atom stereocenters. The van der Waals surface area contributed by atoms with Crippen molar-refractivity contribution in [3.63, 3.8) is 0 Å². The average molecular weight is 983 g/mol. The van der Waals surface area contributed by atoms with Gasteiger partial charge >= 0.3 is 21.2 Å². The Labute approximate surface area is 393 Å². The highest BCUT2D eigenvalue weighted by Gasteiger charge is 2.58. The van der Waals surface area contributed by atoms with E-state index < -0.39 is 45.2 Å². The number of hydrazone groups is 1. The number of amides is 1. The fourth-order valence-electron chi connectivity index (χ4n) is 7.30. The van der Waals surface area contributed by atoms with E-state index in [0.29, 0.717) is 41.2 Å². The zero-order valence-corrected chi connectivity index (χ0v) is 40.5. The lowest BCUT2D eigenvalue weighted by Crippen LogP contribution is -2.46. The zero-order chi connectivity index (χ0) is 48.9. The Morgan fingerprint density at radius 1 is 0.881 bits per heavy atom. The predicted molar refractivity (Wildman–Crippen MR) is 261 cm³/mol. The Morgan fingerprint density at radius 3 is 2.28 bits per heavy atom. The number of carbonyl (C=O) groups excluding carboxylic acids is 2. The highest BCUT2D eigenvalue weighted by molar-refractivity contribution is 7.80. The van der Waals surface area contributed by atoms with Crippen LogP contribution in [0.3, 0.4) is 0 Å². The third kappa shape index (κ3) is 13.3. The van der Waals surface area contributed by atoms with Crippen molar-refractivity contribution >= 4 is 67.3 Å². The Kier molecular flexibility index (Phi) is 18.4. The van der Waals surface area contributed by atoms with Crippen LogP contribution in [-0.4, -0.2) is 117 Å². The summed E-state index contributed by atoms with van der Waals surface area (Å²) in [5, 5.41) is 12.5. The van der Waals surface area contributed by atoms with Crippen molar-refractivity contribution in [2.75, 3.05) is 64.4 Å². The molecule has 1 aliphatic heterocycles. The van der Waals surface area contributed by atoms with E-state index in [2.05, 4.69) is 58.5 Å². The van der Waals surface area contributed by atoms with E-state index in [1.807, 2.05) is 48.5 Å². The Morgan fingerprint density at radius 2 is 1.60 bits per heavy atom. The van der Waals surface area contributed by atoms with Gasteiger partial charge in [0, 0.05) is 66.9 Å². The Bertz CT molecular complexity index is 2690. The number of anilines is 1. The van der Waals surface area contributed by atoms with Crippen molar-refractivity contribution in [3.05, 3.63) is 101 Å². The first kappa shape index (κ1) is 52.4. The van der Waals surface area contributed by atoms with Crippen molar-refractivity contribution < 1.29 is 57.3 Å². The van der Waals surface area contributed by atoms with Gasteiger partial charge in [-0.3, -0.25) is 30.2 Å². The molecule has 0 bridgehead atoms. The molecule has 1 aliphatic carbocycles. The summed E-state index contributed by atoms with van der Waals surface area (Å²) in [4.78, 5) is 67.6. The molecule has 3 aromatic carbocycles. The molecule has 0 saturated carbocycles. The zero-order valence-electron chi connectivity index (χ0n) is 37.9. The second kappa shape index (κ2) is 23.5. The third-order valence-electron chi connectivity index (χ3n) is 11.0. The summed E-state index contributed by atoms with van der Waals surface area (Å²) in [7, 11) is -9.48. The molecule has 22 heteroatoms. The van der Waals surface area contributed by atoms with Crippen LogP contribution in [0.1, 0.15) is 56.5 Å². The van der Waals surface area contributed by atoms with Crippen LogP contribution in [0.5, 0.6) is 5.75 Å². The fraction of sp³-hybridized carbons (Fsp3) is 0.356. The minimum absolute atomic E-state index is 0.0561. The second-order valence-corrected chi connectivity index (χ2v) is 19.8. The number of nitrogens with zero attached hydrogens (tertiary/aromatic N) is 4. The summed E-state index contributed by atoms with van der Waals surface area (Å²) in [5.41, 5.74) is 12.3. The van der Waals surface area contributed by atoms with Crippen LogP contribution in [0.4, 0.5) is 5.69 Å². The fourth-order valence-corrected chi connectivity index (χ4v) is 9.54. The van der Waals surface area contributed by atoms with Crippen molar-refractivity contribution in [2.24, 2.45) is 5.10 Å². The van der Waals surface area contributed by atoms with Crippen LogP contribution in [0.2, 0.25) is 0 Å². The van der Waals surface area contributed by atoms with Gasteiger partial charge < -0.3 is 48.4 Å². The molecule has 8 N–H and O–H groups in total. The number of esters is 1. The highest BCUT2D eigenvalue weighted by Crippen LogP contribution is 2.68. The van der Waals surface area contributed by atoms with E-state index in [9.17, 15) is 43.4 Å². The largest absolute Gasteiger partial charge is 0.494 e. The Hall–Kier alpha value is -5.53. The number of benzene rings is 4. The molecular weight excluding hydrogens is 925 g/mol. The number of hydrogen-bond donors (Lipinski definition) is 8. The number of rotatable bonds is 21. The minimum atomic E-state index is -5.53. The van der Waals surface area contributed by atoms with Gasteiger partial charge in [-0.25, -0.2) is 9.37 Å². The maximum Gasteiger partial charge on any atom is 0.369 e. The van der Waals surface area contributed by atoms with Gasteiger partial charge in [-0.05, 0) is 101 Å². The van der Waals surface area contributed by atoms with Crippen LogP contribution in [-0.2, 0) is 18.7 Å². The molecule has 67 heavy (non-hydrogen) atoms. The molecular formula is C45H58N7O12P2S+. The molecule has 0 fully saturated rings. The maximum atomic E-state index is 13.7. The molecule has 0 spiro atoms. The topological polar surface area (TPSA) is 259 Å². The van der Waals surface area contributed by atoms with Gasteiger partial charge in [-0.2, -0.15) is 5.10 Å². The second-order valence-electron chi connectivity index (χ2n) is 15.4. The van der Waals surface area contributed by atoms with Crippen LogP contribution in [0.15, 0.2) is 94.4 Å². The first-order valence-corrected chi connectivity index (χ1v) is 25.2. The summed E-state index contributed by atoms with van der Waals surface area (Å²) in [5.74, 6) is -0.217. The first-order chi connectivity index (χ1) is 31.8. The number of thiocarbonyl (C=S) groups is 1. The third-order valence-corrected chi connectivity index (χ3v) is 15.0. The van der Waals surface area contributed by atoms with Gasteiger partial charge in [0.05, 0.1) is 24.5 Å². The summed E-state index contributed by atoms with van der Waals surface area (Å²) in [6, 6.07) is 26.2. The number of fused-ring (bicyclic) bond motifs is 2. The molecule has 5 rings (SSSR count). The molecule has 0 radical (unpaired) electrons. The number of ether oxygens (including phenoxy) is 2. The van der Waals surface area contributed by atoms with Gasteiger partial charge in [0.15, 0.2) is 6.61 Å². The number of carbonyl (C=O) groups is 2. The van der Waals surface area contributed by atoms with Gasteiger partial charge in [0.25, 0.3) is 11.0 Å². The smallest absolute Gasteiger partial charge is 0.369 e. The Balaban J connectivity index is 1.15. The van der Waals surface area contributed by atoms with E-state index >= 15 is 0 Å². The highest BCUT2D eigenvalue weighted by atomic mass is 32.1. The average Bonchev–Trinajstić information content (AvgIpc) is 3.30. The molecule has 0 saturated heterocycles. The van der Waals surface area contributed by atoms with Crippen LogP contribution in [0.25, 0.3) is 33.4 Å². The molecule has 3 aromatic rings. The lowest BCUT2D eigenvalue weighted by molar-refractivity contribution is -0.124. The molecule has 19 nitrogen and oxygen atoms in total. The van der Waals surface area contributed by atoms with Crippen molar-refractivity contribution in [1.82, 2.24) is 25.8 Å². The summed E-state index contributed by atoms with van der Waals surface area (Å²) >= 11 is 5.22. The quantitative estimate of drug-likeness (QED) is 0.00728. The number of nitrogens with one attached hydrogen (secondary N) is 3. The monoisotopic (exact) mass is 982 g/mol. The van der Waals surface area contributed by atoms with Crippen molar-refractivity contribution in [3.8, 4) is 28.2 Å².